The van der Waals surface area contributed by atoms with Gasteiger partial charge in [0.1, 0.15) is 6.61 Å². The fourth-order valence-electron chi connectivity index (χ4n) is 2.81. The zero-order valence-electron chi connectivity index (χ0n) is 14.4. The first-order chi connectivity index (χ1) is 13.2. The highest BCUT2D eigenvalue weighted by Crippen LogP contribution is 2.20. The van der Waals surface area contributed by atoms with Crippen LogP contribution in [0.15, 0.2) is 65.2 Å². The number of amides is 2. The first-order valence-electron chi connectivity index (χ1n) is 8.53. The van der Waals surface area contributed by atoms with Crippen molar-refractivity contribution in [2.45, 2.75) is 6.54 Å². The minimum atomic E-state index is -0.370. The van der Waals surface area contributed by atoms with Gasteiger partial charge in [-0.3, -0.25) is 9.69 Å². The molecular weight excluding hydrogens is 346 g/mol. The average molecular weight is 363 g/mol. The fraction of sp³-hybridized carbons (Fsp3) is 0.150. The van der Waals surface area contributed by atoms with Crippen molar-refractivity contribution in [3.05, 3.63) is 72.2 Å². The van der Waals surface area contributed by atoms with Crippen molar-refractivity contribution in [1.82, 2.24) is 10.3 Å². The molecule has 1 fully saturated rings. The lowest BCUT2D eigenvalue weighted by Gasteiger charge is -2.12. The lowest BCUT2D eigenvalue weighted by molar-refractivity contribution is 0.0947. The van der Waals surface area contributed by atoms with Crippen molar-refractivity contribution < 1.29 is 18.7 Å². The molecule has 2 heterocycles. The van der Waals surface area contributed by atoms with Gasteiger partial charge < -0.3 is 14.5 Å². The van der Waals surface area contributed by atoms with E-state index in [1.54, 1.807) is 30.5 Å². The van der Waals surface area contributed by atoms with E-state index >= 15 is 0 Å². The minimum Gasteiger partial charge on any atom is -0.447 e. The van der Waals surface area contributed by atoms with Crippen LogP contribution in [0.5, 0.6) is 0 Å². The van der Waals surface area contributed by atoms with Gasteiger partial charge in [0.15, 0.2) is 5.76 Å². The van der Waals surface area contributed by atoms with Gasteiger partial charge in [0.05, 0.1) is 19.3 Å². The number of rotatable bonds is 5. The molecule has 0 saturated carbocycles. The van der Waals surface area contributed by atoms with Gasteiger partial charge in [0.25, 0.3) is 5.91 Å². The van der Waals surface area contributed by atoms with Crippen LogP contribution in [0.1, 0.15) is 16.2 Å². The number of ether oxygens (including phenoxy) is 1. The number of hydrogen-bond donors (Lipinski definition) is 1. The molecule has 27 heavy (non-hydrogen) atoms. The molecule has 7 heteroatoms. The Bertz CT molecular complexity index is 951. The molecule has 1 saturated heterocycles. The van der Waals surface area contributed by atoms with E-state index in [-0.39, 0.29) is 18.5 Å². The number of nitrogens with zero attached hydrogens (tertiary/aromatic N) is 2. The van der Waals surface area contributed by atoms with E-state index < -0.39 is 0 Å². The molecule has 0 unspecified atom stereocenters. The SMILES string of the molecule is O=C(NCc1ncc(-c2ccccc2)o1)c1ccc(N2CCOC2=O)cc1. The second kappa shape index (κ2) is 7.33. The Morgan fingerprint density at radius 3 is 2.59 bits per heavy atom. The summed E-state index contributed by atoms with van der Waals surface area (Å²) in [5, 5.41) is 2.78. The van der Waals surface area contributed by atoms with Gasteiger partial charge in [-0.05, 0) is 24.3 Å². The molecule has 0 spiro atoms. The molecule has 1 aliphatic rings. The molecule has 0 bridgehead atoms. The molecule has 2 aromatic carbocycles. The third kappa shape index (κ3) is 3.67. The van der Waals surface area contributed by atoms with Crippen molar-refractivity contribution in [1.29, 1.82) is 0 Å². The average Bonchev–Trinajstić information content (AvgIpc) is 3.36. The van der Waals surface area contributed by atoms with Crippen molar-refractivity contribution in [3.63, 3.8) is 0 Å². The van der Waals surface area contributed by atoms with Crippen LogP contribution >= 0.6 is 0 Å². The van der Waals surface area contributed by atoms with Crippen LogP contribution in [0, 0.1) is 0 Å². The van der Waals surface area contributed by atoms with E-state index in [2.05, 4.69) is 10.3 Å². The maximum Gasteiger partial charge on any atom is 0.414 e. The zero-order valence-corrected chi connectivity index (χ0v) is 14.4. The van der Waals surface area contributed by atoms with Crippen LogP contribution in [-0.2, 0) is 11.3 Å². The quantitative estimate of drug-likeness (QED) is 0.752. The Labute approximate surface area is 155 Å². The van der Waals surface area contributed by atoms with Gasteiger partial charge >= 0.3 is 6.09 Å². The molecular formula is C20H17N3O4. The van der Waals surface area contributed by atoms with Crippen molar-refractivity contribution >= 4 is 17.7 Å². The maximum absolute atomic E-state index is 12.3. The number of hydrogen-bond acceptors (Lipinski definition) is 5. The van der Waals surface area contributed by atoms with E-state index in [4.69, 9.17) is 9.15 Å². The summed E-state index contributed by atoms with van der Waals surface area (Å²) in [6, 6.07) is 16.4. The molecule has 136 valence electrons. The zero-order chi connectivity index (χ0) is 18.6. The molecule has 0 atom stereocenters. The van der Waals surface area contributed by atoms with Gasteiger partial charge in [0, 0.05) is 16.8 Å². The number of nitrogens with one attached hydrogen (secondary N) is 1. The number of aromatic nitrogens is 1. The highest BCUT2D eigenvalue weighted by molar-refractivity contribution is 5.95. The lowest BCUT2D eigenvalue weighted by Crippen LogP contribution is -2.24. The van der Waals surface area contributed by atoms with Gasteiger partial charge in [-0.2, -0.15) is 0 Å². The summed E-state index contributed by atoms with van der Waals surface area (Å²) < 4.78 is 10.6. The smallest absolute Gasteiger partial charge is 0.414 e. The first-order valence-corrected chi connectivity index (χ1v) is 8.53. The third-order valence-corrected chi connectivity index (χ3v) is 4.21. The largest absolute Gasteiger partial charge is 0.447 e. The molecule has 1 aliphatic heterocycles. The van der Waals surface area contributed by atoms with E-state index in [9.17, 15) is 9.59 Å². The maximum atomic E-state index is 12.3. The third-order valence-electron chi connectivity index (χ3n) is 4.21. The molecule has 4 rings (SSSR count). The fourth-order valence-corrected chi connectivity index (χ4v) is 2.81. The summed E-state index contributed by atoms with van der Waals surface area (Å²) >= 11 is 0. The summed E-state index contributed by atoms with van der Waals surface area (Å²) in [7, 11) is 0. The van der Waals surface area contributed by atoms with Gasteiger partial charge in [-0.1, -0.05) is 30.3 Å². The van der Waals surface area contributed by atoms with Gasteiger partial charge in [0.2, 0.25) is 5.89 Å². The highest BCUT2D eigenvalue weighted by Gasteiger charge is 2.23. The normalized spacial score (nSPS) is 13.5. The Hall–Kier alpha value is -3.61. The predicted octanol–water partition coefficient (Wildman–Crippen LogP) is 3.23. The summed E-state index contributed by atoms with van der Waals surface area (Å²) in [5.74, 6) is 0.838. The second-order valence-electron chi connectivity index (χ2n) is 5.98. The van der Waals surface area contributed by atoms with Crippen LogP contribution in [0.2, 0.25) is 0 Å². The van der Waals surface area contributed by atoms with Crippen LogP contribution in [0.3, 0.4) is 0 Å². The van der Waals surface area contributed by atoms with Crippen LogP contribution in [0.25, 0.3) is 11.3 Å². The molecule has 1 aromatic heterocycles. The number of oxazole rings is 1. The monoisotopic (exact) mass is 363 g/mol. The first kappa shape index (κ1) is 16.8. The van der Waals surface area contributed by atoms with E-state index in [1.807, 2.05) is 30.3 Å². The molecule has 0 aliphatic carbocycles. The second-order valence-corrected chi connectivity index (χ2v) is 5.98. The van der Waals surface area contributed by atoms with Gasteiger partial charge in [-0.15, -0.1) is 0 Å². The summed E-state index contributed by atoms with van der Waals surface area (Å²) in [4.78, 5) is 29.6. The molecule has 1 N–H and O–H groups in total. The Kier molecular flexibility index (Phi) is 4.57. The van der Waals surface area contributed by atoms with E-state index in [0.717, 1.165) is 5.56 Å². The number of anilines is 1. The number of carbonyl (C=O) groups is 2. The molecule has 0 radical (unpaired) electrons. The van der Waals surface area contributed by atoms with Crippen LogP contribution in [-0.4, -0.2) is 30.1 Å². The standard InChI is InChI=1S/C20H17N3O4/c24-19(15-6-8-16(9-7-15)23-10-11-26-20(23)25)22-13-18-21-12-17(27-18)14-4-2-1-3-5-14/h1-9,12H,10-11,13H2,(H,22,24). The lowest BCUT2D eigenvalue weighted by atomic mass is 10.2. The van der Waals surface area contributed by atoms with Gasteiger partial charge in [-0.25, -0.2) is 9.78 Å². The van der Waals surface area contributed by atoms with Crippen molar-refractivity contribution in [2.75, 3.05) is 18.1 Å². The topological polar surface area (TPSA) is 84.7 Å². The Morgan fingerprint density at radius 1 is 1.11 bits per heavy atom. The predicted molar refractivity (Wildman–Crippen MR) is 98.2 cm³/mol. The molecule has 3 aromatic rings. The Balaban J connectivity index is 1.37. The van der Waals surface area contributed by atoms with E-state index in [0.29, 0.717) is 36.1 Å². The summed E-state index contributed by atoms with van der Waals surface area (Å²) in [6.07, 6.45) is 1.27. The number of cyclic esters (lactones) is 1. The number of carbonyl (C=O) groups excluding carboxylic acids is 2. The Morgan fingerprint density at radius 2 is 1.89 bits per heavy atom. The van der Waals surface area contributed by atoms with E-state index in [1.165, 1.54) is 4.90 Å². The summed E-state index contributed by atoms with van der Waals surface area (Å²) in [5.41, 5.74) is 2.12. The van der Waals surface area contributed by atoms with Crippen molar-refractivity contribution in [2.24, 2.45) is 0 Å². The summed E-state index contributed by atoms with van der Waals surface area (Å²) in [6.45, 7) is 1.08. The molecule has 7 nitrogen and oxygen atoms in total. The van der Waals surface area contributed by atoms with Crippen LogP contribution < -0.4 is 10.2 Å². The minimum absolute atomic E-state index is 0.186. The van der Waals surface area contributed by atoms with Crippen LogP contribution in [0.4, 0.5) is 10.5 Å². The number of benzene rings is 2. The highest BCUT2D eigenvalue weighted by atomic mass is 16.6. The molecule has 2 amide bonds. The van der Waals surface area contributed by atoms with Crippen molar-refractivity contribution in [3.8, 4) is 11.3 Å².